The van der Waals surface area contributed by atoms with E-state index in [0.717, 1.165) is 33.7 Å². The van der Waals surface area contributed by atoms with Crippen molar-refractivity contribution in [3.8, 4) is 17.0 Å². The Morgan fingerprint density at radius 2 is 1.68 bits per heavy atom. The van der Waals surface area contributed by atoms with Gasteiger partial charge in [-0.05, 0) is 59.0 Å². The number of fused-ring (bicyclic) bond motifs is 1. The highest BCUT2D eigenvalue weighted by Crippen LogP contribution is 2.44. The van der Waals surface area contributed by atoms with Gasteiger partial charge in [-0.2, -0.15) is 5.10 Å². The summed E-state index contributed by atoms with van der Waals surface area (Å²) >= 11 is 6.08. The third-order valence-corrected chi connectivity index (χ3v) is 6.66. The van der Waals surface area contributed by atoms with E-state index >= 15 is 0 Å². The van der Waals surface area contributed by atoms with Crippen molar-refractivity contribution in [1.82, 2.24) is 15.1 Å². The highest BCUT2D eigenvalue weighted by atomic mass is 35.5. The Bertz CT molecular complexity index is 1310. The predicted octanol–water partition coefficient (Wildman–Crippen LogP) is 6.61. The summed E-state index contributed by atoms with van der Waals surface area (Å²) in [5.74, 6) is 1.15. The molecule has 0 radical (unpaired) electrons. The number of benzene rings is 3. The van der Waals surface area contributed by atoms with Crippen molar-refractivity contribution < 1.29 is 9.53 Å². The molecular formula is C28H26ClN3O2. The number of aromatic amines is 1. The number of methoxy groups -OCH3 is 1. The molecule has 34 heavy (non-hydrogen) atoms. The van der Waals surface area contributed by atoms with Crippen LogP contribution in [0.1, 0.15) is 58.5 Å². The summed E-state index contributed by atoms with van der Waals surface area (Å²) in [5, 5.41) is 8.26. The van der Waals surface area contributed by atoms with Crippen molar-refractivity contribution in [3.05, 3.63) is 106 Å². The molecule has 0 saturated carbocycles. The lowest BCUT2D eigenvalue weighted by atomic mass is 9.93. The topological polar surface area (TPSA) is 58.2 Å². The van der Waals surface area contributed by atoms with Crippen LogP contribution in [0, 0.1) is 0 Å². The number of nitrogens with one attached hydrogen (secondary N) is 1. The van der Waals surface area contributed by atoms with Crippen LogP contribution in [0.5, 0.6) is 5.75 Å². The number of halogens is 1. The zero-order chi connectivity index (χ0) is 23.8. The number of aromatic nitrogens is 2. The molecule has 6 heteroatoms. The third-order valence-electron chi connectivity index (χ3n) is 6.41. The van der Waals surface area contributed by atoms with Crippen LogP contribution in [0.2, 0.25) is 5.02 Å². The number of rotatable bonds is 6. The molecule has 0 aliphatic carbocycles. The number of carbonyl (C=O) groups excluding carboxylic acids is 1. The Morgan fingerprint density at radius 1 is 1.00 bits per heavy atom. The van der Waals surface area contributed by atoms with Gasteiger partial charge in [0.05, 0.1) is 18.8 Å². The molecule has 1 aliphatic heterocycles. The molecule has 1 N–H and O–H groups in total. The first-order chi connectivity index (χ1) is 16.5. The molecule has 5 nitrogen and oxygen atoms in total. The Morgan fingerprint density at radius 3 is 2.29 bits per heavy atom. The lowest BCUT2D eigenvalue weighted by Gasteiger charge is -2.27. The number of ether oxygens (including phenoxy) is 1. The second-order valence-corrected chi connectivity index (χ2v) is 9.31. The van der Waals surface area contributed by atoms with Crippen molar-refractivity contribution in [2.45, 2.75) is 32.4 Å². The molecule has 172 valence electrons. The molecule has 0 bridgehead atoms. The summed E-state index contributed by atoms with van der Waals surface area (Å²) < 4.78 is 5.31. The van der Waals surface area contributed by atoms with E-state index in [-0.39, 0.29) is 11.9 Å². The Hall–Kier alpha value is -3.57. The quantitative estimate of drug-likeness (QED) is 0.344. The third kappa shape index (κ3) is 3.97. The van der Waals surface area contributed by atoms with E-state index in [9.17, 15) is 4.79 Å². The largest absolute Gasteiger partial charge is 0.497 e. The van der Waals surface area contributed by atoms with E-state index < -0.39 is 0 Å². The van der Waals surface area contributed by atoms with Crippen molar-refractivity contribution in [1.29, 1.82) is 0 Å². The van der Waals surface area contributed by atoms with Crippen LogP contribution in [-0.2, 0) is 6.54 Å². The van der Waals surface area contributed by atoms with E-state index in [1.807, 2.05) is 53.4 Å². The number of carbonyl (C=O) groups is 1. The van der Waals surface area contributed by atoms with E-state index in [0.29, 0.717) is 23.2 Å². The molecule has 1 aliphatic rings. The van der Waals surface area contributed by atoms with Gasteiger partial charge in [0, 0.05) is 22.7 Å². The second-order valence-electron chi connectivity index (χ2n) is 8.87. The minimum absolute atomic E-state index is 0.0600. The fourth-order valence-corrected chi connectivity index (χ4v) is 4.65. The Labute approximate surface area is 204 Å². The number of nitrogens with zero attached hydrogens (tertiary/aromatic N) is 2. The zero-order valence-electron chi connectivity index (χ0n) is 19.4. The zero-order valence-corrected chi connectivity index (χ0v) is 20.1. The SMILES string of the molecule is COc1ccc(-c2n[nH]c3c2C(c2ccc(C(C)C)cc2)N(Cc2ccc(Cl)cc2)C3=O)cc1. The van der Waals surface area contributed by atoms with Gasteiger partial charge in [0.15, 0.2) is 0 Å². The highest BCUT2D eigenvalue weighted by Gasteiger charge is 2.42. The van der Waals surface area contributed by atoms with Crippen LogP contribution in [0.15, 0.2) is 72.8 Å². The lowest BCUT2D eigenvalue weighted by Crippen LogP contribution is -2.29. The van der Waals surface area contributed by atoms with Gasteiger partial charge in [-0.3, -0.25) is 9.89 Å². The molecular weight excluding hydrogens is 446 g/mol. The number of H-pyrrole nitrogens is 1. The molecule has 4 aromatic rings. The molecule has 5 rings (SSSR count). The van der Waals surface area contributed by atoms with Crippen LogP contribution in [0.3, 0.4) is 0 Å². The summed E-state index contributed by atoms with van der Waals surface area (Å²) in [6, 6.07) is 23.7. The van der Waals surface area contributed by atoms with E-state index in [1.165, 1.54) is 5.56 Å². The normalized spacial score (nSPS) is 15.1. The number of hydrogen-bond donors (Lipinski definition) is 1. The van der Waals surface area contributed by atoms with Crippen molar-refractivity contribution in [2.75, 3.05) is 7.11 Å². The molecule has 1 aromatic heterocycles. The van der Waals surface area contributed by atoms with Gasteiger partial charge < -0.3 is 9.64 Å². The molecule has 0 fully saturated rings. The highest BCUT2D eigenvalue weighted by molar-refractivity contribution is 6.30. The van der Waals surface area contributed by atoms with Crippen molar-refractivity contribution in [3.63, 3.8) is 0 Å². The fraction of sp³-hybridized carbons (Fsp3) is 0.214. The first kappa shape index (κ1) is 22.2. The minimum atomic E-state index is -0.254. The predicted molar refractivity (Wildman–Crippen MR) is 134 cm³/mol. The molecule has 1 atom stereocenters. The van der Waals surface area contributed by atoms with Gasteiger partial charge in [-0.1, -0.05) is 61.8 Å². The van der Waals surface area contributed by atoms with E-state index in [1.54, 1.807) is 7.11 Å². The molecule has 1 amide bonds. The maximum Gasteiger partial charge on any atom is 0.273 e. The molecule has 3 aromatic carbocycles. The van der Waals surface area contributed by atoms with Gasteiger partial charge in [-0.25, -0.2) is 0 Å². The van der Waals surface area contributed by atoms with Gasteiger partial charge >= 0.3 is 0 Å². The molecule has 0 saturated heterocycles. The van der Waals surface area contributed by atoms with Crippen molar-refractivity contribution >= 4 is 17.5 Å². The van der Waals surface area contributed by atoms with E-state index in [4.69, 9.17) is 16.3 Å². The standard InChI is InChI=1S/C28H26ClN3O2/c1-17(2)19-6-8-21(9-7-19)27-24-25(20-10-14-23(34-3)15-11-20)30-31-26(24)28(33)32(27)16-18-4-12-22(29)13-5-18/h4-15,17,27H,16H2,1-3H3,(H,30,31). The summed E-state index contributed by atoms with van der Waals surface area (Å²) in [4.78, 5) is 15.5. The van der Waals surface area contributed by atoms with Gasteiger partial charge in [-0.15, -0.1) is 0 Å². The summed E-state index contributed by atoms with van der Waals surface area (Å²) in [5.41, 5.74) is 6.50. The minimum Gasteiger partial charge on any atom is -0.497 e. The molecule has 1 unspecified atom stereocenters. The summed E-state index contributed by atoms with van der Waals surface area (Å²) in [6.45, 7) is 4.82. The van der Waals surface area contributed by atoms with E-state index in [2.05, 4.69) is 48.3 Å². The van der Waals surface area contributed by atoms with Crippen LogP contribution in [0.25, 0.3) is 11.3 Å². The van der Waals surface area contributed by atoms with Crippen LogP contribution in [-0.4, -0.2) is 28.1 Å². The summed E-state index contributed by atoms with van der Waals surface area (Å²) in [6.07, 6.45) is 0. The maximum absolute atomic E-state index is 13.6. The van der Waals surface area contributed by atoms with Crippen LogP contribution < -0.4 is 4.74 Å². The summed E-state index contributed by atoms with van der Waals surface area (Å²) in [7, 11) is 1.64. The Balaban J connectivity index is 1.61. The first-order valence-electron chi connectivity index (χ1n) is 11.3. The Kier molecular flexibility index (Phi) is 5.88. The van der Waals surface area contributed by atoms with Crippen LogP contribution >= 0.6 is 11.6 Å². The first-order valence-corrected chi connectivity index (χ1v) is 11.7. The monoisotopic (exact) mass is 471 g/mol. The average Bonchev–Trinajstić information content (AvgIpc) is 3.40. The van der Waals surface area contributed by atoms with Gasteiger partial charge in [0.25, 0.3) is 5.91 Å². The van der Waals surface area contributed by atoms with Gasteiger partial charge in [0.1, 0.15) is 11.4 Å². The lowest BCUT2D eigenvalue weighted by molar-refractivity contribution is 0.0730. The van der Waals surface area contributed by atoms with Crippen molar-refractivity contribution in [2.24, 2.45) is 0 Å². The average molecular weight is 472 g/mol. The molecule has 0 spiro atoms. The smallest absolute Gasteiger partial charge is 0.273 e. The second kappa shape index (κ2) is 8.99. The maximum atomic E-state index is 13.6. The van der Waals surface area contributed by atoms with Crippen LogP contribution in [0.4, 0.5) is 0 Å². The fourth-order valence-electron chi connectivity index (χ4n) is 4.52. The molecule has 2 heterocycles. The number of amides is 1. The van der Waals surface area contributed by atoms with Gasteiger partial charge in [0.2, 0.25) is 0 Å². The number of hydrogen-bond acceptors (Lipinski definition) is 3.